The molecule has 1 aromatic carbocycles. The van der Waals surface area contributed by atoms with Gasteiger partial charge in [-0.3, -0.25) is 4.79 Å². The van der Waals surface area contributed by atoms with E-state index in [1.165, 1.54) is 7.11 Å². The van der Waals surface area contributed by atoms with Crippen LogP contribution in [0.3, 0.4) is 0 Å². The Hall–Kier alpha value is -3.07. The number of aromatic hydroxyl groups is 1. The molecule has 2 N–H and O–H groups in total. The molecule has 0 atom stereocenters. The molecule has 1 aromatic heterocycles. The van der Waals surface area contributed by atoms with E-state index in [0.717, 1.165) is 5.56 Å². The lowest BCUT2D eigenvalue weighted by atomic mass is 10.1. The minimum Gasteiger partial charge on any atom is -0.504 e. The zero-order valence-electron chi connectivity index (χ0n) is 11.5. The largest absolute Gasteiger partial charge is 0.504 e. The fourth-order valence-corrected chi connectivity index (χ4v) is 1.83. The van der Waals surface area contributed by atoms with Crippen molar-refractivity contribution in [2.24, 2.45) is 0 Å². The third-order valence-electron chi connectivity index (χ3n) is 3.01. The molecule has 6 nitrogen and oxygen atoms in total. The smallest absolute Gasteiger partial charge is 0.282 e. The van der Waals surface area contributed by atoms with Crippen LogP contribution in [0.2, 0.25) is 0 Å². The van der Waals surface area contributed by atoms with E-state index in [2.05, 4.69) is 10.2 Å². The van der Waals surface area contributed by atoms with Crippen molar-refractivity contribution in [1.29, 1.82) is 5.26 Å². The molecule has 0 amide bonds. The maximum absolute atomic E-state index is 11.4. The third-order valence-corrected chi connectivity index (χ3v) is 3.01. The molecule has 0 saturated heterocycles. The van der Waals surface area contributed by atoms with Gasteiger partial charge in [0.15, 0.2) is 11.5 Å². The number of nitrogens with zero attached hydrogens (tertiary/aromatic N) is 2. The normalized spacial score (nSPS) is 10.5. The van der Waals surface area contributed by atoms with E-state index >= 15 is 0 Å². The summed E-state index contributed by atoms with van der Waals surface area (Å²) in [4.78, 5) is 11.4. The van der Waals surface area contributed by atoms with Gasteiger partial charge < -0.3 is 9.84 Å². The highest BCUT2D eigenvalue weighted by atomic mass is 16.5. The molecule has 0 fully saturated rings. The molecule has 0 unspecified atom stereocenters. The Balaban J connectivity index is 2.36. The maximum atomic E-state index is 11.4. The Morgan fingerprint density at radius 3 is 2.81 bits per heavy atom. The van der Waals surface area contributed by atoms with E-state index in [0.29, 0.717) is 17.0 Å². The van der Waals surface area contributed by atoms with E-state index < -0.39 is 5.56 Å². The Kier molecular flexibility index (Phi) is 4.05. The fourth-order valence-electron chi connectivity index (χ4n) is 1.83. The number of nitrogens with one attached hydrogen (secondary N) is 1. The first-order valence-corrected chi connectivity index (χ1v) is 6.11. The van der Waals surface area contributed by atoms with Gasteiger partial charge in [-0.25, -0.2) is 5.10 Å². The van der Waals surface area contributed by atoms with Gasteiger partial charge in [0.25, 0.3) is 5.56 Å². The molecule has 0 aliphatic carbocycles. The maximum Gasteiger partial charge on any atom is 0.282 e. The standard InChI is InChI=1S/C15H13N3O3/c1-9-11(8-16)15(20)18-17-12(9)5-3-10-4-6-14(21-2)13(19)7-10/h3-7,19H,1-2H3,(H,18,20)/b5-3+. The average Bonchev–Trinajstić information content (AvgIpc) is 2.47. The van der Waals surface area contributed by atoms with Crippen molar-refractivity contribution in [3.63, 3.8) is 0 Å². The topological polar surface area (TPSA) is 99.0 Å². The van der Waals surface area contributed by atoms with Gasteiger partial charge in [0, 0.05) is 0 Å². The average molecular weight is 283 g/mol. The first kappa shape index (κ1) is 14.3. The minimum absolute atomic E-state index is 0.0310. The summed E-state index contributed by atoms with van der Waals surface area (Å²) in [6.45, 7) is 1.66. The van der Waals surface area contributed by atoms with Crippen LogP contribution < -0.4 is 10.3 Å². The van der Waals surface area contributed by atoms with E-state index in [1.807, 2.05) is 6.07 Å². The molecular formula is C15H13N3O3. The van der Waals surface area contributed by atoms with Gasteiger partial charge in [0.05, 0.1) is 12.8 Å². The summed E-state index contributed by atoms with van der Waals surface area (Å²) in [5.41, 5.74) is 1.27. The summed E-state index contributed by atoms with van der Waals surface area (Å²) in [5.74, 6) is 0.417. The highest BCUT2D eigenvalue weighted by Crippen LogP contribution is 2.27. The van der Waals surface area contributed by atoms with Crippen molar-refractivity contribution in [2.75, 3.05) is 7.11 Å². The summed E-state index contributed by atoms with van der Waals surface area (Å²) in [5, 5.41) is 24.8. The van der Waals surface area contributed by atoms with Gasteiger partial charge in [-0.15, -0.1) is 0 Å². The Morgan fingerprint density at radius 2 is 2.19 bits per heavy atom. The zero-order chi connectivity index (χ0) is 15.4. The molecule has 21 heavy (non-hydrogen) atoms. The van der Waals surface area contributed by atoms with Crippen LogP contribution in [0.5, 0.6) is 11.5 Å². The monoisotopic (exact) mass is 283 g/mol. The molecule has 0 aliphatic rings. The number of methoxy groups -OCH3 is 1. The zero-order valence-corrected chi connectivity index (χ0v) is 11.5. The molecule has 0 spiro atoms. The number of benzene rings is 1. The molecular weight excluding hydrogens is 270 g/mol. The van der Waals surface area contributed by atoms with E-state index in [4.69, 9.17) is 10.00 Å². The Labute approximate surface area is 120 Å². The van der Waals surface area contributed by atoms with Crippen molar-refractivity contribution in [3.05, 3.63) is 50.9 Å². The SMILES string of the molecule is COc1ccc(/C=C/c2n[nH]c(=O)c(C#N)c2C)cc1O. The number of aromatic nitrogens is 2. The van der Waals surface area contributed by atoms with Crippen molar-refractivity contribution < 1.29 is 9.84 Å². The van der Waals surface area contributed by atoms with Crippen molar-refractivity contribution >= 4 is 12.2 Å². The highest BCUT2D eigenvalue weighted by molar-refractivity contribution is 5.71. The molecule has 0 aliphatic heterocycles. The van der Waals surface area contributed by atoms with Crippen LogP contribution in [-0.2, 0) is 0 Å². The Morgan fingerprint density at radius 1 is 1.43 bits per heavy atom. The second-order valence-electron chi connectivity index (χ2n) is 4.31. The predicted octanol–water partition coefficient (Wildman–Crippen LogP) is 1.83. The Bertz CT molecular complexity index is 801. The summed E-state index contributed by atoms with van der Waals surface area (Å²) >= 11 is 0. The van der Waals surface area contributed by atoms with Crippen LogP contribution in [0.25, 0.3) is 12.2 Å². The number of H-pyrrole nitrogens is 1. The van der Waals surface area contributed by atoms with Crippen molar-refractivity contribution in [3.8, 4) is 17.6 Å². The van der Waals surface area contributed by atoms with Gasteiger partial charge in [0.2, 0.25) is 0 Å². The quantitative estimate of drug-likeness (QED) is 0.895. The van der Waals surface area contributed by atoms with Gasteiger partial charge in [0.1, 0.15) is 11.6 Å². The number of ether oxygens (including phenoxy) is 1. The number of rotatable bonds is 3. The number of nitriles is 1. The molecule has 106 valence electrons. The second kappa shape index (κ2) is 5.92. The van der Waals surface area contributed by atoms with Crippen LogP contribution in [-0.4, -0.2) is 22.4 Å². The van der Waals surface area contributed by atoms with Gasteiger partial charge in [-0.1, -0.05) is 12.1 Å². The van der Waals surface area contributed by atoms with Gasteiger partial charge >= 0.3 is 0 Å². The molecule has 1 heterocycles. The molecule has 2 rings (SSSR count). The van der Waals surface area contributed by atoms with E-state index in [1.54, 1.807) is 37.3 Å². The summed E-state index contributed by atoms with van der Waals surface area (Å²) < 4.78 is 4.96. The fraction of sp³-hybridized carbons (Fsp3) is 0.133. The number of hydrogen-bond acceptors (Lipinski definition) is 5. The molecule has 0 radical (unpaired) electrons. The van der Waals surface area contributed by atoms with Crippen LogP contribution in [0.15, 0.2) is 23.0 Å². The van der Waals surface area contributed by atoms with E-state index in [-0.39, 0.29) is 11.3 Å². The summed E-state index contributed by atoms with van der Waals surface area (Å²) in [6.07, 6.45) is 3.38. The summed E-state index contributed by atoms with van der Waals surface area (Å²) in [6, 6.07) is 6.80. The van der Waals surface area contributed by atoms with Crippen molar-refractivity contribution in [1.82, 2.24) is 10.2 Å². The summed E-state index contributed by atoms with van der Waals surface area (Å²) in [7, 11) is 1.47. The van der Waals surface area contributed by atoms with Gasteiger partial charge in [-0.05, 0) is 36.3 Å². The van der Waals surface area contributed by atoms with Crippen LogP contribution in [0.1, 0.15) is 22.4 Å². The molecule has 0 bridgehead atoms. The highest BCUT2D eigenvalue weighted by Gasteiger charge is 2.07. The lowest BCUT2D eigenvalue weighted by Crippen LogP contribution is -2.15. The van der Waals surface area contributed by atoms with Crippen LogP contribution in [0, 0.1) is 18.3 Å². The number of aromatic amines is 1. The molecule has 0 saturated carbocycles. The molecule has 6 heteroatoms. The first-order chi connectivity index (χ1) is 10.1. The van der Waals surface area contributed by atoms with E-state index in [9.17, 15) is 9.90 Å². The lowest BCUT2D eigenvalue weighted by Gasteiger charge is -2.03. The van der Waals surface area contributed by atoms with Crippen LogP contribution >= 0.6 is 0 Å². The first-order valence-electron chi connectivity index (χ1n) is 6.11. The number of hydrogen-bond donors (Lipinski definition) is 2. The predicted molar refractivity (Wildman–Crippen MR) is 77.9 cm³/mol. The van der Waals surface area contributed by atoms with Gasteiger partial charge in [-0.2, -0.15) is 10.4 Å². The number of phenolic OH excluding ortho intramolecular Hbond substituents is 1. The number of phenols is 1. The minimum atomic E-state index is -0.505. The third kappa shape index (κ3) is 2.92. The second-order valence-corrected chi connectivity index (χ2v) is 4.31. The van der Waals surface area contributed by atoms with Crippen LogP contribution in [0.4, 0.5) is 0 Å². The molecule has 2 aromatic rings. The lowest BCUT2D eigenvalue weighted by molar-refractivity contribution is 0.373. The van der Waals surface area contributed by atoms with Crippen molar-refractivity contribution in [2.45, 2.75) is 6.92 Å².